The van der Waals surface area contributed by atoms with E-state index in [0.29, 0.717) is 0 Å². The largest absolute Gasteiger partial charge is 0.574 e. The minimum absolute atomic E-state index is 0.245. The summed E-state index contributed by atoms with van der Waals surface area (Å²) in [7, 11) is 0. The van der Waals surface area contributed by atoms with Gasteiger partial charge in [0.1, 0.15) is 5.56 Å². The number of alkyl halides is 5. The molecule has 6 nitrogen and oxygen atoms in total. The molecular weight excluding hydrogens is 271 g/mol. The van der Waals surface area contributed by atoms with Crippen LogP contribution in [0.2, 0.25) is 0 Å². The van der Waals surface area contributed by atoms with Gasteiger partial charge in [0, 0.05) is 0 Å². The summed E-state index contributed by atoms with van der Waals surface area (Å²) in [5.41, 5.74) is -4.89. The Morgan fingerprint density at radius 1 is 1.39 bits per heavy atom. The maximum absolute atomic E-state index is 12.4. The van der Waals surface area contributed by atoms with Gasteiger partial charge < -0.3 is 9.72 Å². The zero-order valence-electron chi connectivity index (χ0n) is 8.12. The quantitative estimate of drug-likeness (QED) is 0.519. The van der Waals surface area contributed by atoms with Crippen molar-refractivity contribution < 1.29 is 31.6 Å². The molecule has 0 spiro atoms. The molecule has 0 aliphatic carbocycles. The molecular formula is C7H3F5N2O4. The minimum Gasteiger partial charge on any atom is -0.389 e. The number of aromatic nitrogens is 1. The van der Waals surface area contributed by atoms with Gasteiger partial charge in [-0.2, -0.15) is 0 Å². The SMILES string of the molecule is O=c1c([N+](=O)[O-])c[nH]c(OC(F)(F)F)c1C(F)F. The molecule has 0 bridgehead atoms. The molecule has 0 aliphatic rings. The van der Waals surface area contributed by atoms with Crippen LogP contribution in [0.5, 0.6) is 5.88 Å². The Bertz CT molecular complexity index is 524. The molecule has 0 atom stereocenters. The number of hydrogen-bond donors (Lipinski definition) is 1. The first-order valence-corrected chi connectivity index (χ1v) is 4.07. The molecule has 0 aliphatic heterocycles. The van der Waals surface area contributed by atoms with Crippen LogP contribution < -0.4 is 10.2 Å². The second-order valence-corrected chi connectivity index (χ2v) is 2.85. The van der Waals surface area contributed by atoms with E-state index in [1.165, 1.54) is 4.98 Å². The van der Waals surface area contributed by atoms with Gasteiger partial charge in [0.25, 0.3) is 11.9 Å². The Morgan fingerprint density at radius 2 is 1.94 bits per heavy atom. The molecule has 100 valence electrons. The van der Waals surface area contributed by atoms with Gasteiger partial charge in [0.15, 0.2) is 0 Å². The highest BCUT2D eigenvalue weighted by atomic mass is 19.4. The molecule has 0 radical (unpaired) electrons. The fraction of sp³-hybridized carbons (Fsp3) is 0.286. The number of ether oxygens (including phenoxy) is 1. The van der Waals surface area contributed by atoms with E-state index in [1.807, 2.05) is 0 Å². The summed E-state index contributed by atoms with van der Waals surface area (Å²) in [6.45, 7) is 0. The molecule has 1 aromatic heterocycles. The van der Waals surface area contributed by atoms with Crippen LogP contribution in [-0.2, 0) is 0 Å². The van der Waals surface area contributed by atoms with E-state index in [-0.39, 0.29) is 6.20 Å². The molecule has 0 fully saturated rings. The van der Waals surface area contributed by atoms with E-state index in [0.717, 1.165) is 0 Å². The first-order valence-electron chi connectivity index (χ1n) is 4.07. The third-order valence-corrected chi connectivity index (χ3v) is 1.69. The summed E-state index contributed by atoms with van der Waals surface area (Å²) in [4.78, 5) is 21.6. The van der Waals surface area contributed by atoms with Crippen LogP contribution in [0.25, 0.3) is 0 Å². The maximum atomic E-state index is 12.4. The van der Waals surface area contributed by atoms with Crippen LogP contribution in [0.15, 0.2) is 11.0 Å². The van der Waals surface area contributed by atoms with Crippen LogP contribution in [0.1, 0.15) is 12.0 Å². The predicted octanol–water partition coefficient (Wildman–Crippen LogP) is 2.12. The van der Waals surface area contributed by atoms with E-state index in [1.54, 1.807) is 0 Å². The zero-order chi connectivity index (χ0) is 14.1. The summed E-state index contributed by atoms with van der Waals surface area (Å²) in [6, 6.07) is 0. The zero-order valence-corrected chi connectivity index (χ0v) is 8.12. The standard InChI is InChI=1S/C7H3F5N2O4/c8-5(9)3-4(15)2(14(16)17)1-13-6(3)18-7(10,11)12/h1,5H,(H,13,15). The summed E-state index contributed by atoms with van der Waals surface area (Å²) in [5, 5.41) is 10.3. The molecule has 11 heteroatoms. The highest BCUT2D eigenvalue weighted by Gasteiger charge is 2.36. The Balaban J connectivity index is 3.42. The number of rotatable bonds is 3. The lowest BCUT2D eigenvalue weighted by atomic mass is 10.2. The molecule has 1 N–H and O–H groups in total. The number of hydrogen-bond acceptors (Lipinski definition) is 4. The van der Waals surface area contributed by atoms with Gasteiger partial charge in [-0.1, -0.05) is 0 Å². The van der Waals surface area contributed by atoms with Crippen LogP contribution in [0, 0.1) is 10.1 Å². The van der Waals surface area contributed by atoms with Crippen LogP contribution in [0.4, 0.5) is 27.6 Å². The van der Waals surface area contributed by atoms with Gasteiger partial charge in [-0.15, -0.1) is 13.2 Å². The van der Waals surface area contributed by atoms with Crippen molar-refractivity contribution in [3.05, 3.63) is 32.1 Å². The van der Waals surface area contributed by atoms with E-state index in [2.05, 4.69) is 4.74 Å². The number of halogens is 5. The van der Waals surface area contributed by atoms with Crippen molar-refractivity contribution in [3.63, 3.8) is 0 Å². The Hall–Kier alpha value is -2.20. The number of aromatic amines is 1. The van der Waals surface area contributed by atoms with Crippen molar-refractivity contribution in [3.8, 4) is 5.88 Å². The monoisotopic (exact) mass is 274 g/mol. The molecule has 0 unspecified atom stereocenters. The smallest absolute Gasteiger partial charge is 0.389 e. The molecule has 0 amide bonds. The fourth-order valence-electron chi connectivity index (χ4n) is 1.05. The molecule has 0 saturated heterocycles. The molecule has 1 rings (SSSR count). The van der Waals surface area contributed by atoms with Gasteiger partial charge in [0.05, 0.1) is 11.1 Å². The number of nitro groups is 1. The van der Waals surface area contributed by atoms with Gasteiger partial charge in [0.2, 0.25) is 5.88 Å². The second-order valence-electron chi connectivity index (χ2n) is 2.85. The van der Waals surface area contributed by atoms with Crippen molar-refractivity contribution >= 4 is 5.69 Å². The highest BCUT2D eigenvalue weighted by Crippen LogP contribution is 2.29. The molecule has 18 heavy (non-hydrogen) atoms. The van der Waals surface area contributed by atoms with Gasteiger partial charge >= 0.3 is 12.0 Å². The summed E-state index contributed by atoms with van der Waals surface area (Å²) in [5.74, 6) is -1.58. The van der Waals surface area contributed by atoms with Gasteiger partial charge in [-0.25, -0.2) is 8.78 Å². The lowest BCUT2D eigenvalue weighted by Gasteiger charge is -2.11. The van der Waals surface area contributed by atoms with Crippen molar-refractivity contribution in [2.24, 2.45) is 0 Å². The third kappa shape index (κ3) is 2.93. The average molecular weight is 274 g/mol. The average Bonchev–Trinajstić information content (AvgIpc) is 2.13. The topological polar surface area (TPSA) is 85.2 Å². The second kappa shape index (κ2) is 4.58. The van der Waals surface area contributed by atoms with Crippen molar-refractivity contribution in [1.82, 2.24) is 4.98 Å². The third-order valence-electron chi connectivity index (χ3n) is 1.69. The van der Waals surface area contributed by atoms with Crippen molar-refractivity contribution in [2.75, 3.05) is 0 Å². The lowest BCUT2D eigenvalue weighted by Crippen LogP contribution is -2.23. The summed E-state index contributed by atoms with van der Waals surface area (Å²) >= 11 is 0. The van der Waals surface area contributed by atoms with Crippen LogP contribution in [0.3, 0.4) is 0 Å². The summed E-state index contributed by atoms with van der Waals surface area (Å²) < 4.78 is 63.5. The molecule has 1 aromatic rings. The number of nitrogens with one attached hydrogen (secondary N) is 1. The Kier molecular flexibility index (Phi) is 3.53. The van der Waals surface area contributed by atoms with E-state index >= 15 is 0 Å². The number of H-pyrrole nitrogens is 1. The first-order chi connectivity index (χ1) is 8.13. The molecule has 1 heterocycles. The fourth-order valence-corrected chi connectivity index (χ4v) is 1.05. The minimum atomic E-state index is -5.32. The van der Waals surface area contributed by atoms with Gasteiger partial charge in [-0.05, 0) is 0 Å². The number of pyridine rings is 1. The molecule has 0 aromatic carbocycles. The normalized spacial score (nSPS) is 11.7. The van der Waals surface area contributed by atoms with Gasteiger partial charge in [-0.3, -0.25) is 14.9 Å². The Morgan fingerprint density at radius 3 is 2.33 bits per heavy atom. The van der Waals surface area contributed by atoms with Crippen LogP contribution >= 0.6 is 0 Å². The highest BCUT2D eigenvalue weighted by molar-refractivity contribution is 5.38. The lowest BCUT2D eigenvalue weighted by molar-refractivity contribution is -0.386. The van der Waals surface area contributed by atoms with Crippen molar-refractivity contribution in [2.45, 2.75) is 12.8 Å². The summed E-state index contributed by atoms with van der Waals surface area (Å²) in [6.07, 6.45) is -8.73. The van der Waals surface area contributed by atoms with E-state index < -0.39 is 40.3 Å². The molecule has 0 saturated carbocycles. The van der Waals surface area contributed by atoms with E-state index in [4.69, 9.17) is 0 Å². The first kappa shape index (κ1) is 13.9. The van der Waals surface area contributed by atoms with Crippen LogP contribution in [-0.4, -0.2) is 16.3 Å². The predicted molar refractivity (Wildman–Crippen MR) is 45.4 cm³/mol. The Labute approximate surface area is 94.1 Å². The van der Waals surface area contributed by atoms with Crippen molar-refractivity contribution in [1.29, 1.82) is 0 Å². The van der Waals surface area contributed by atoms with E-state index in [9.17, 15) is 36.9 Å². The number of nitrogens with zero attached hydrogens (tertiary/aromatic N) is 1. The maximum Gasteiger partial charge on any atom is 0.574 e.